The fourth-order valence-electron chi connectivity index (χ4n) is 2.53. The van der Waals surface area contributed by atoms with Crippen molar-refractivity contribution in [1.29, 1.82) is 0 Å². The molecule has 16 heavy (non-hydrogen) atoms. The van der Waals surface area contributed by atoms with Crippen molar-refractivity contribution in [3.8, 4) is 0 Å². The molecule has 1 nitrogen and oxygen atoms in total. The molecule has 1 unspecified atom stereocenters. The maximum Gasteiger partial charge on any atom is 0.00556 e. The van der Waals surface area contributed by atoms with Crippen LogP contribution in [0.1, 0.15) is 47.0 Å². The van der Waals surface area contributed by atoms with Crippen LogP contribution in [-0.2, 0) is 0 Å². The lowest BCUT2D eigenvalue weighted by atomic mass is 9.65. The molecule has 0 radical (unpaired) electrons. The topological polar surface area (TPSA) is 3.24 Å². The van der Waals surface area contributed by atoms with Crippen LogP contribution in [0.4, 0.5) is 0 Å². The smallest absolute Gasteiger partial charge is 0.00556 e. The van der Waals surface area contributed by atoms with Gasteiger partial charge in [-0.1, -0.05) is 33.3 Å². The van der Waals surface area contributed by atoms with Crippen LogP contribution in [0, 0.1) is 11.3 Å². The summed E-state index contributed by atoms with van der Waals surface area (Å²) in [6, 6.07) is 0. The van der Waals surface area contributed by atoms with Gasteiger partial charge < -0.3 is 4.90 Å². The Balaban J connectivity index is 3.07. The minimum Gasteiger partial charge on any atom is -0.383 e. The average molecular weight is 221 g/mol. The summed E-state index contributed by atoms with van der Waals surface area (Å²) in [5, 5.41) is 0. The van der Waals surface area contributed by atoms with Gasteiger partial charge in [0, 0.05) is 14.1 Å². The molecular formula is C15H27N. The van der Waals surface area contributed by atoms with Crippen LogP contribution in [0.2, 0.25) is 0 Å². The summed E-state index contributed by atoms with van der Waals surface area (Å²) in [5.74, 6) is 0.782. The second-order valence-electron chi connectivity index (χ2n) is 5.81. The first kappa shape index (κ1) is 13.3. The quantitative estimate of drug-likeness (QED) is 0.689. The van der Waals surface area contributed by atoms with E-state index in [0.717, 1.165) is 5.92 Å². The van der Waals surface area contributed by atoms with E-state index in [4.69, 9.17) is 0 Å². The van der Waals surface area contributed by atoms with Crippen LogP contribution in [0.5, 0.6) is 0 Å². The molecule has 0 spiro atoms. The van der Waals surface area contributed by atoms with E-state index in [2.05, 4.69) is 59.0 Å². The highest BCUT2D eigenvalue weighted by atomic mass is 15.0. The standard InChI is InChI=1S/C15H27N/c1-7-13-9-8-12(2)15(3,4)14(13)10-11-16(5)6/h10-12H,7-9H2,1-6H3. The van der Waals surface area contributed by atoms with Crippen LogP contribution in [-0.4, -0.2) is 19.0 Å². The van der Waals surface area contributed by atoms with E-state index < -0.39 is 0 Å². The number of hydrogen-bond acceptors (Lipinski definition) is 1. The van der Waals surface area contributed by atoms with Crippen LogP contribution < -0.4 is 0 Å². The summed E-state index contributed by atoms with van der Waals surface area (Å²) in [6.45, 7) is 9.45. The zero-order valence-electron chi connectivity index (χ0n) is 11.8. The van der Waals surface area contributed by atoms with Crippen molar-refractivity contribution in [2.45, 2.75) is 47.0 Å². The largest absolute Gasteiger partial charge is 0.383 e. The zero-order valence-corrected chi connectivity index (χ0v) is 11.8. The van der Waals surface area contributed by atoms with Crippen molar-refractivity contribution in [3.05, 3.63) is 23.4 Å². The Labute approximate surface area is 101 Å². The summed E-state index contributed by atoms with van der Waals surface area (Å²) in [6.07, 6.45) is 8.34. The Hall–Kier alpha value is -0.720. The molecular weight excluding hydrogens is 194 g/mol. The molecule has 0 fully saturated rings. The predicted molar refractivity (Wildman–Crippen MR) is 72.3 cm³/mol. The second-order valence-corrected chi connectivity index (χ2v) is 5.81. The SMILES string of the molecule is CCC1=C(C=CN(C)C)C(C)(C)C(C)CC1. The van der Waals surface area contributed by atoms with Gasteiger partial charge in [0.05, 0.1) is 0 Å². The third-order valence-corrected chi connectivity index (χ3v) is 4.15. The van der Waals surface area contributed by atoms with Gasteiger partial charge >= 0.3 is 0 Å². The maximum absolute atomic E-state index is 2.39. The van der Waals surface area contributed by atoms with Crippen molar-refractivity contribution < 1.29 is 0 Å². The van der Waals surface area contributed by atoms with Crippen LogP contribution >= 0.6 is 0 Å². The first-order valence-electron chi connectivity index (χ1n) is 6.46. The Morgan fingerprint density at radius 3 is 2.50 bits per heavy atom. The molecule has 0 aromatic heterocycles. The molecule has 0 saturated heterocycles. The molecule has 0 heterocycles. The van der Waals surface area contributed by atoms with E-state index in [1.807, 2.05) is 0 Å². The molecule has 0 aliphatic heterocycles. The molecule has 1 aliphatic carbocycles. The molecule has 1 atom stereocenters. The minimum absolute atomic E-state index is 0.329. The van der Waals surface area contributed by atoms with Crippen molar-refractivity contribution in [2.75, 3.05) is 14.1 Å². The van der Waals surface area contributed by atoms with Crippen molar-refractivity contribution in [3.63, 3.8) is 0 Å². The lowest BCUT2D eigenvalue weighted by Crippen LogP contribution is -2.28. The first-order valence-corrected chi connectivity index (χ1v) is 6.46. The van der Waals surface area contributed by atoms with E-state index in [0.29, 0.717) is 5.41 Å². The Morgan fingerprint density at radius 1 is 1.38 bits per heavy atom. The Bertz CT molecular complexity index is 295. The van der Waals surface area contributed by atoms with E-state index in [-0.39, 0.29) is 0 Å². The van der Waals surface area contributed by atoms with Gasteiger partial charge in [0.1, 0.15) is 0 Å². The van der Waals surface area contributed by atoms with Crippen molar-refractivity contribution in [2.24, 2.45) is 11.3 Å². The third-order valence-electron chi connectivity index (χ3n) is 4.15. The number of nitrogens with zero attached hydrogens (tertiary/aromatic N) is 1. The highest BCUT2D eigenvalue weighted by molar-refractivity contribution is 5.34. The minimum atomic E-state index is 0.329. The van der Waals surface area contributed by atoms with Gasteiger partial charge in [-0.25, -0.2) is 0 Å². The molecule has 0 aromatic rings. The normalized spacial score (nSPS) is 25.2. The van der Waals surface area contributed by atoms with Crippen molar-refractivity contribution in [1.82, 2.24) is 4.90 Å². The maximum atomic E-state index is 2.39. The molecule has 1 heteroatoms. The predicted octanol–water partition coefficient (Wildman–Crippen LogP) is 4.22. The van der Waals surface area contributed by atoms with E-state index in [9.17, 15) is 0 Å². The first-order chi connectivity index (χ1) is 7.39. The van der Waals surface area contributed by atoms with Crippen molar-refractivity contribution >= 4 is 0 Å². The summed E-state index contributed by atoms with van der Waals surface area (Å²) in [7, 11) is 4.17. The summed E-state index contributed by atoms with van der Waals surface area (Å²) >= 11 is 0. The number of hydrogen-bond donors (Lipinski definition) is 0. The highest BCUT2D eigenvalue weighted by Crippen LogP contribution is 2.45. The molecule has 1 rings (SSSR count). The van der Waals surface area contributed by atoms with E-state index >= 15 is 0 Å². The summed E-state index contributed by atoms with van der Waals surface area (Å²) < 4.78 is 0. The molecule has 1 aliphatic rings. The van der Waals surface area contributed by atoms with Gasteiger partial charge in [-0.15, -0.1) is 0 Å². The molecule has 92 valence electrons. The van der Waals surface area contributed by atoms with Gasteiger partial charge in [-0.05, 0) is 48.4 Å². The Morgan fingerprint density at radius 2 is 2.00 bits per heavy atom. The molecule has 0 bridgehead atoms. The highest BCUT2D eigenvalue weighted by Gasteiger charge is 2.33. The number of rotatable bonds is 3. The molecule has 0 saturated carbocycles. The van der Waals surface area contributed by atoms with Gasteiger partial charge in [0.25, 0.3) is 0 Å². The van der Waals surface area contributed by atoms with Gasteiger partial charge in [-0.2, -0.15) is 0 Å². The number of allylic oxidation sites excluding steroid dienone is 3. The Kier molecular flexibility index (Phi) is 4.23. The average Bonchev–Trinajstić information content (AvgIpc) is 2.20. The van der Waals surface area contributed by atoms with E-state index in [1.165, 1.54) is 19.3 Å². The van der Waals surface area contributed by atoms with Gasteiger partial charge in [-0.3, -0.25) is 0 Å². The zero-order chi connectivity index (χ0) is 12.3. The molecule has 0 aromatic carbocycles. The van der Waals surface area contributed by atoms with Crippen LogP contribution in [0.25, 0.3) is 0 Å². The summed E-state index contributed by atoms with van der Waals surface area (Å²) in [4.78, 5) is 2.12. The van der Waals surface area contributed by atoms with E-state index in [1.54, 1.807) is 11.1 Å². The van der Waals surface area contributed by atoms with Gasteiger partial charge in [0.2, 0.25) is 0 Å². The molecule has 0 N–H and O–H groups in total. The second kappa shape index (κ2) is 5.07. The van der Waals surface area contributed by atoms with Gasteiger partial charge in [0.15, 0.2) is 0 Å². The fraction of sp³-hybridized carbons (Fsp3) is 0.733. The lowest BCUT2D eigenvalue weighted by Gasteiger charge is -2.39. The summed E-state index contributed by atoms with van der Waals surface area (Å²) in [5.41, 5.74) is 3.56. The molecule has 0 amide bonds. The van der Waals surface area contributed by atoms with Crippen LogP contribution in [0.3, 0.4) is 0 Å². The third kappa shape index (κ3) is 2.69. The lowest BCUT2D eigenvalue weighted by molar-refractivity contribution is 0.254. The fourth-order valence-corrected chi connectivity index (χ4v) is 2.53. The van der Waals surface area contributed by atoms with Crippen LogP contribution in [0.15, 0.2) is 23.4 Å². The monoisotopic (exact) mass is 221 g/mol.